The molecule has 134 heavy (non-hydrogen) atoms. The smallest absolute Gasteiger partial charge is 2.00 e. The fraction of sp³-hybridized carbons (Fsp3) is 0.190. The first-order chi connectivity index (χ1) is 60.3. The summed E-state index contributed by atoms with van der Waals surface area (Å²) < 4.78 is 237. The van der Waals surface area contributed by atoms with Crippen LogP contribution in [0.4, 0.5) is 123 Å². The summed E-state index contributed by atoms with van der Waals surface area (Å²) in [7, 11) is -42.6. The average molecular weight is 2060 g/mol. The number of para-hydroxylation sites is 4. The van der Waals surface area contributed by atoms with E-state index in [1.54, 1.807) is 73.4 Å². The van der Waals surface area contributed by atoms with E-state index in [1.807, 2.05) is 150 Å². The maximum atomic E-state index is 9.87. The van der Waals surface area contributed by atoms with Crippen LogP contribution in [-0.2, 0) is 59.8 Å². The molecule has 0 amide bonds. The van der Waals surface area contributed by atoms with Crippen LogP contribution in [0, 0.1) is 118 Å². The van der Waals surface area contributed by atoms with E-state index in [1.165, 1.54) is 77.6 Å². The van der Waals surface area contributed by atoms with Gasteiger partial charge in [-0.3, -0.25) is 59.8 Å². The summed E-state index contributed by atoms with van der Waals surface area (Å²) >= 11 is 0. The van der Waals surface area contributed by atoms with E-state index in [0.29, 0.717) is 0 Å². The number of hydrogen-bond acceptors (Lipinski definition) is 20. The Morgan fingerprint density at radius 2 is 0.381 bits per heavy atom. The van der Waals surface area contributed by atoms with Crippen molar-refractivity contribution in [1.82, 2.24) is 39.9 Å². The van der Waals surface area contributed by atoms with Crippen LogP contribution in [0.25, 0.3) is 43.6 Å². The van der Waals surface area contributed by atoms with Crippen LogP contribution in [0.15, 0.2) is 215 Å². The zero-order chi connectivity index (χ0) is 102. The molecule has 4 aromatic carbocycles. The van der Waals surface area contributed by atoms with Crippen LogP contribution in [-0.4, -0.2) is 64.7 Å². The molecule has 0 radical (unpaired) electrons. The van der Waals surface area contributed by atoms with Gasteiger partial charge in [0, 0.05) is 124 Å². The van der Waals surface area contributed by atoms with Crippen molar-refractivity contribution in [2.24, 2.45) is 20.0 Å². The van der Waals surface area contributed by atoms with Gasteiger partial charge in [0.15, 0.2) is 0 Å². The molecule has 50 heteroatoms. The number of rotatable bonds is 14. The number of pyridine rings is 8. The molecule has 0 N–H and O–H groups in total. The van der Waals surface area contributed by atoms with Gasteiger partial charge in [0.1, 0.15) is 0 Å². The molecule has 8 aromatic heterocycles. The van der Waals surface area contributed by atoms with Gasteiger partial charge in [-0.1, -0.05) is 97.1 Å². The maximum Gasteiger partial charge on any atom is 2.00 e. The van der Waals surface area contributed by atoms with Crippen LogP contribution >= 0.6 is 31.2 Å². The van der Waals surface area contributed by atoms with Crippen molar-refractivity contribution in [2.75, 3.05) is 0 Å². The molecule has 0 bridgehead atoms. The molecule has 0 saturated heterocycles. The molecule has 12 rings (SSSR count). The molecule has 0 unspecified atom stereocenters. The van der Waals surface area contributed by atoms with E-state index in [0.717, 1.165) is 138 Å². The molecular weight excluding hydrogens is 1980 g/mol. The van der Waals surface area contributed by atoms with Crippen LogP contribution in [0.3, 0.4) is 0 Å². The van der Waals surface area contributed by atoms with E-state index in [2.05, 4.69) is 133 Å². The van der Waals surface area contributed by atoms with E-state index in [-0.39, 0.29) is 34.1 Å². The summed E-state index contributed by atoms with van der Waals surface area (Å²) in [4.78, 5) is 55.6. The summed E-state index contributed by atoms with van der Waals surface area (Å²) in [6, 6.07) is 70.9. The summed E-state index contributed by atoms with van der Waals surface area (Å²) in [5.41, 5.74) is 18.8. The molecule has 20 nitrogen and oxygen atoms in total. The van der Waals surface area contributed by atoms with E-state index < -0.39 is 31.2 Å². The van der Waals surface area contributed by atoms with E-state index >= 15 is 0 Å². The standard InChI is InChI=1S/2C34H28N6.8C2H3N.4F6P.2Fe/c2*1-23-9-15-27-5-3-7-31(33(27)39-23)37-21-29-17-13-25(19-35-29)11-12-26-14-18-30(36-20-26)22-38-32-8-4-6-28-16-10-24(2)40-34(28)32;8*1-2-3;4*1-7(2,3,4,5)6;;/h2*3-10,13-22H,11-12H2,1-2H3;8*1H3;;;;;;/q;;;;;;;;;;4*-1;2*+2. The van der Waals surface area contributed by atoms with E-state index in [9.17, 15) is 101 Å². The number of nitriles is 8. The summed E-state index contributed by atoms with van der Waals surface area (Å²) in [5, 5.41) is 62.9. The molecule has 0 saturated carbocycles. The Kier molecular flexibility index (Phi) is 50.2. The molecule has 12 aromatic rings. The second kappa shape index (κ2) is 52.9. The molecular formula is C84H80F24Fe2N20P4. The first-order valence-electron chi connectivity index (χ1n) is 36.5. The van der Waals surface area contributed by atoms with Crippen molar-refractivity contribution in [1.29, 1.82) is 42.1 Å². The number of aryl methyl sites for hydroxylation is 8. The number of aromatic nitrogens is 8. The van der Waals surface area contributed by atoms with Crippen LogP contribution in [0.1, 0.15) is 123 Å². The van der Waals surface area contributed by atoms with Gasteiger partial charge >= 0.3 is 166 Å². The summed E-state index contributed by atoms with van der Waals surface area (Å²) in [6.45, 7) is 19.4. The van der Waals surface area contributed by atoms with Crippen molar-refractivity contribution < 1.29 is 135 Å². The number of hydrogen-bond donors (Lipinski definition) is 0. The Hall–Kier alpha value is -13.2. The third kappa shape index (κ3) is 74.5. The SMILES string of the molecule is CC#N.CC#N.CC#N.CC#N.CC#N.CC#N.CC#N.CC#N.Cc1ccc2cccc(N=Cc3ccc(CCc4ccc(C=Nc5cccc6ccc(C)nc56)nc4)cn3)c2n1.Cc1ccc2cccc(N=Cc3ccc(CCc4ccc(C=Nc5cccc6ccc(C)nc56)nc4)cn3)c2n1.F[P-](F)(F)(F)(F)F.F[P-](F)(F)(F)(F)F.F[P-](F)(F)(F)(F)F.F[P-](F)(F)(F)(F)F.[Fe+2].[Fe+2]. The van der Waals surface area contributed by atoms with Crippen molar-refractivity contribution in [3.05, 3.63) is 262 Å². The molecule has 720 valence electrons. The largest absolute Gasteiger partial charge is 2.00 e. The second-order valence-corrected chi connectivity index (χ2v) is 32.9. The summed E-state index contributed by atoms with van der Waals surface area (Å²) in [5.74, 6) is 0. The number of aliphatic imine (C=N–C) groups is 4. The first kappa shape index (κ1) is 127. The molecule has 8 heterocycles. The van der Waals surface area contributed by atoms with Crippen LogP contribution < -0.4 is 0 Å². The predicted molar refractivity (Wildman–Crippen MR) is 471 cm³/mol. The quantitative estimate of drug-likeness (QED) is 0.0422. The molecule has 0 spiro atoms. The van der Waals surface area contributed by atoms with Gasteiger partial charge in [-0.2, -0.15) is 42.1 Å². The van der Waals surface area contributed by atoms with Crippen molar-refractivity contribution in [3.8, 4) is 48.6 Å². The third-order valence-corrected chi connectivity index (χ3v) is 13.5. The van der Waals surface area contributed by atoms with Gasteiger partial charge in [0.2, 0.25) is 0 Å². The number of nitrogens with zero attached hydrogens (tertiary/aromatic N) is 20. The zero-order valence-electron chi connectivity index (χ0n) is 72.1. The van der Waals surface area contributed by atoms with Crippen molar-refractivity contribution in [3.63, 3.8) is 0 Å². The monoisotopic (exact) mass is 2060 g/mol. The van der Waals surface area contributed by atoms with Gasteiger partial charge in [-0.05, 0) is 148 Å². The Bertz CT molecular complexity index is 5410. The molecule has 0 atom stereocenters. The van der Waals surface area contributed by atoms with Gasteiger partial charge in [0.25, 0.3) is 0 Å². The number of halogens is 24. The first-order valence-corrected chi connectivity index (χ1v) is 44.6. The van der Waals surface area contributed by atoms with Gasteiger partial charge in [0.05, 0.1) is 141 Å². The number of benzene rings is 4. The molecule has 0 aliphatic carbocycles. The Morgan fingerprint density at radius 1 is 0.239 bits per heavy atom. The van der Waals surface area contributed by atoms with Crippen molar-refractivity contribution in [2.45, 2.75) is 109 Å². The Morgan fingerprint density at radius 3 is 0.507 bits per heavy atom. The minimum atomic E-state index is -10.7. The summed E-state index contributed by atoms with van der Waals surface area (Å²) in [6.07, 6.45) is 18.4. The molecule has 0 aliphatic rings. The Balaban J connectivity index is -0.000000825. The molecule has 0 aliphatic heterocycles. The second-order valence-electron chi connectivity index (χ2n) is 25.2. The average Bonchev–Trinajstić information content (AvgIpc) is 0.789. The fourth-order valence-corrected chi connectivity index (χ4v) is 9.09. The van der Waals surface area contributed by atoms with Crippen LogP contribution in [0.2, 0.25) is 0 Å². The molecule has 0 fully saturated rings. The van der Waals surface area contributed by atoms with Gasteiger partial charge in [-0.25, -0.2) is 0 Å². The minimum absolute atomic E-state index is 0. The predicted octanol–water partition coefficient (Wildman–Crippen LogP) is 32.7. The Labute approximate surface area is 774 Å². The normalized spacial score (nSPS) is 12.3. The fourth-order valence-electron chi connectivity index (χ4n) is 9.09. The van der Waals surface area contributed by atoms with Crippen molar-refractivity contribution >= 4 is 122 Å². The number of fused-ring (bicyclic) bond motifs is 4. The topological polar surface area (TPSA) is 343 Å². The van der Waals surface area contributed by atoms with Crippen LogP contribution in [0.5, 0.6) is 0 Å². The maximum absolute atomic E-state index is 10.7. The van der Waals surface area contributed by atoms with Gasteiger partial charge < -0.3 is 0 Å². The minimum Gasteiger partial charge on any atom is 2.00 e. The van der Waals surface area contributed by atoms with Gasteiger partial charge in [-0.15, -0.1) is 0 Å². The zero-order valence-corrected chi connectivity index (χ0v) is 77.9. The van der Waals surface area contributed by atoms with E-state index in [4.69, 9.17) is 42.1 Å². The third-order valence-electron chi connectivity index (χ3n) is 13.5.